The van der Waals surface area contributed by atoms with Gasteiger partial charge in [0.1, 0.15) is 6.04 Å². The van der Waals surface area contributed by atoms with Crippen molar-refractivity contribution in [3.8, 4) is 5.75 Å². The minimum absolute atomic E-state index is 0.0247. The molecule has 0 bridgehead atoms. The van der Waals surface area contributed by atoms with Gasteiger partial charge in [0.15, 0.2) is 11.6 Å². The van der Waals surface area contributed by atoms with Crippen LogP contribution in [-0.2, 0) is 9.53 Å². The van der Waals surface area contributed by atoms with E-state index in [-0.39, 0.29) is 19.6 Å². The van der Waals surface area contributed by atoms with E-state index in [2.05, 4.69) is 4.74 Å². The standard InChI is InChI=1S/C12H14F2N2O5/c1-2-20-12(17)9(15)3-4-21-11-6-7(13)10(16(18)19)5-8(11)14/h5-6,9H,2-4,15H2,1H3. The van der Waals surface area contributed by atoms with Gasteiger partial charge in [-0.15, -0.1) is 0 Å². The molecule has 9 heteroatoms. The van der Waals surface area contributed by atoms with Gasteiger partial charge in [-0.1, -0.05) is 0 Å². The van der Waals surface area contributed by atoms with E-state index in [1.165, 1.54) is 0 Å². The molecule has 1 unspecified atom stereocenters. The van der Waals surface area contributed by atoms with Crippen molar-refractivity contribution in [1.29, 1.82) is 0 Å². The fourth-order valence-electron chi connectivity index (χ4n) is 1.43. The number of ether oxygens (including phenoxy) is 2. The number of hydrogen-bond acceptors (Lipinski definition) is 6. The van der Waals surface area contributed by atoms with Crippen molar-refractivity contribution >= 4 is 11.7 Å². The van der Waals surface area contributed by atoms with E-state index in [1.54, 1.807) is 6.92 Å². The number of carbonyl (C=O) groups is 1. The fraction of sp³-hybridized carbons (Fsp3) is 0.417. The molecule has 1 atom stereocenters. The van der Waals surface area contributed by atoms with Gasteiger partial charge in [0.05, 0.1) is 24.2 Å². The summed E-state index contributed by atoms with van der Waals surface area (Å²) in [6.07, 6.45) is 0.0247. The van der Waals surface area contributed by atoms with Crippen LogP contribution >= 0.6 is 0 Å². The Bertz CT molecular complexity index is 539. The van der Waals surface area contributed by atoms with E-state index in [0.29, 0.717) is 12.1 Å². The van der Waals surface area contributed by atoms with Gasteiger partial charge in [-0.3, -0.25) is 14.9 Å². The maximum absolute atomic E-state index is 13.5. The first-order valence-corrected chi connectivity index (χ1v) is 6.05. The van der Waals surface area contributed by atoms with E-state index >= 15 is 0 Å². The highest BCUT2D eigenvalue weighted by Gasteiger charge is 2.20. The minimum atomic E-state index is -1.22. The lowest BCUT2D eigenvalue weighted by Gasteiger charge is -2.11. The second kappa shape index (κ2) is 7.48. The van der Waals surface area contributed by atoms with Crippen molar-refractivity contribution in [2.24, 2.45) is 5.73 Å². The van der Waals surface area contributed by atoms with Crippen LogP contribution in [0.5, 0.6) is 5.75 Å². The van der Waals surface area contributed by atoms with Crippen LogP contribution in [0.25, 0.3) is 0 Å². The molecule has 0 saturated heterocycles. The summed E-state index contributed by atoms with van der Waals surface area (Å²) in [7, 11) is 0. The highest BCUT2D eigenvalue weighted by molar-refractivity contribution is 5.75. The monoisotopic (exact) mass is 304 g/mol. The van der Waals surface area contributed by atoms with Crippen molar-refractivity contribution in [2.75, 3.05) is 13.2 Å². The number of carbonyl (C=O) groups excluding carboxylic acids is 1. The second-order valence-electron chi connectivity index (χ2n) is 3.99. The first-order chi connectivity index (χ1) is 9.86. The van der Waals surface area contributed by atoms with Crippen molar-refractivity contribution in [3.05, 3.63) is 33.9 Å². The van der Waals surface area contributed by atoms with Gasteiger partial charge in [-0.05, 0) is 6.92 Å². The normalized spacial score (nSPS) is 11.8. The van der Waals surface area contributed by atoms with Crippen LogP contribution in [0.4, 0.5) is 14.5 Å². The predicted octanol–water partition coefficient (Wildman–Crippen LogP) is 1.53. The number of hydrogen-bond donors (Lipinski definition) is 1. The number of benzene rings is 1. The van der Waals surface area contributed by atoms with E-state index in [1.807, 2.05) is 0 Å². The Morgan fingerprint density at radius 3 is 2.67 bits per heavy atom. The molecule has 1 aromatic rings. The molecule has 0 aliphatic heterocycles. The quantitative estimate of drug-likeness (QED) is 0.465. The molecule has 1 rings (SSSR count). The number of nitro benzene ring substituents is 1. The van der Waals surface area contributed by atoms with Crippen LogP contribution in [0.2, 0.25) is 0 Å². The van der Waals surface area contributed by atoms with E-state index in [9.17, 15) is 23.7 Å². The fourth-order valence-corrected chi connectivity index (χ4v) is 1.43. The topological polar surface area (TPSA) is 105 Å². The average molecular weight is 304 g/mol. The van der Waals surface area contributed by atoms with Crippen LogP contribution in [0, 0.1) is 21.7 Å². The molecule has 1 aromatic carbocycles. The molecule has 116 valence electrons. The summed E-state index contributed by atoms with van der Waals surface area (Å²) in [5.74, 6) is -3.41. The van der Waals surface area contributed by atoms with Crippen molar-refractivity contribution in [1.82, 2.24) is 0 Å². The van der Waals surface area contributed by atoms with Crippen LogP contribution in [0.3, 0.4) is 0 Å². The molecule has 0 fully saturated rings. The first kappa shape index (κ1) is 16.8. The molecule has 7 nitrogen and oxygen atoms in total. The maximum atomic E-state index is 13.5. The summed E-state index contributed by atoms with van der Waals surface area (Å²) in [4.78, 5) is 20.6. The molecule has 0 amide bonds. The highest BCUT2D eigenvalue weighted by Crippen LogP contribution is 2.26. The number of rotatable bonds is 7. The largest absolute Gasteiger partial charge is 0.490 e. The van der Waals surface area contributed by atoms with Gasteiger partial charge in [-0.25, -0.2) is 4.39 Å². The maximum Gasteiger partial charge on any atom is 0.323 e. The van der Waals surface area contributed by atoms with E-state index in [4.69, 9.17) is 10.5 Å². The Balaban J connectivity index is 2.62. The van der Waals surface area contributed by atoms with Crippen LogP contribution in [-0.4, -0.2) is 30.1 Å². The minimum Gasteiger partial charge on any atom is -0.490 e. The zero-order valence-electron chi connectivity index (χ0n) is 11.2. The van der Waals surface area contributed by atoms with Gasteiger partial charge in [0, 0.05) is 12.5 Å². The summed E-state index contributed by atoms with van der Waals surface area (Å²) in [5.41, 5.74) is 4.50. The SMILES string of the molecule is CCOC(=O)C(N)CCOc1cc(F)c([N+](=O)[O-])cc1F. The van der Waals surface area contributed by atoms with Crippen LogP contribution < -0.4 is 10.5 Å². The summed E-state index contributed by atoms with van der Waals surface area (Å²) in [6.45, 7) is 1.62. The number of esters is 1. The number of nitrogens with zero attached hydrogens (tertiary/aromatic N) is 1. The Labute approximate surface area is 118 Å². The number of halogens is 2. The molecule has 0 aliphatic carbocycles. The number of nitrogens with two attached hydrogens (primary N) is 1. The molecule has 0 radical (unpaired) electrons. The molecule has 0 heterocycles. The summed E-state index contributed by atoms with van der Waals surface area (Å²) < 4.78 is 36.4. The van der Waals surface area contributed by atoms with Crippen molar-refractivity contribution in [2.45, 2.75) is 19.4 Å². The highest BCUT2D eigenvalue weighted by atomic mass is 19.1. The van der Waals surface area contributed by atoms with Gasteiger partial charge in [0.25, 0.3) is 0 Å². The third kappa shape index (κ3) is 4.63. The average Bonchev–Trinajstić information content (AvgIpc) is 2.41. The molecular formula is C12H14F2N2O5. The summed E-state index contributed by atoms with van der Waals surface area (Å²) in [6, 6.07) is 0.0511. The van der Waals surface area contributed by atoms with Crippen molar-refractivity contribution in [3.63, 3.8) is 0 Å². The smallest absolute Gasteiger partial charge is 0.323 e. The predicted molar refractivity (Wildman–Crippen MR) is 67.7 cm³/mol. The summed E-state index contributed by atoms with van der Waals surface area (Å²) >= 11 is 0. The van der Waals surface area contributed by atoms with Gasteiger partial charge < -0.3 is 15.2 Å². The van der Waals surface area contributed by atoms with Gasteiger partial charge >= 0.3 is 11.7 Å². The third-order valence-corrected chi connectivity index (χ3v) is 2.47. The Kier molecular flexibility index (Phi) is 5.97. The number of nitro groups is 1. The third-order valence-electron chi connectivity index (χ3n) is 2.47. The molecule has 2 N–H and O–H groups in total. The van der Waals surface area contributed by atoms with Crippen LogP contribution in [0.15, 0.2) is 12.1 Å². The molecule has 0 spiro atoms. The molecule has 0 aliphatic rings. The molecule has 21 heavy (non-hydrogen) atoms. The Morgan fingerprint density at radius 2 is 2.10 bits per heavy atom. The second-order valence-corrected chi connectivity index (χ2v) is 3.99. The molecular weight excluding hydrogens is 290 g/mol. The lowest BCUT2D eigenvalue weighted by molar-refractivity contribution is -0.387. The van der Waals surface area contributed by atoms with Gasteiger partial charge in [0.2, 0.25) is 5.82 Å². The molecule has 0 saturated carbocycles. The van der Waals surface area contributed by atoms with Crippen LogP contribution in [0.1, 0.15) is 13.3 Å². The van der Waals surface area contributed by atoms with E-state index in [0.717, 1.165) is 0 Å². The van der Waals surface area contributed by atoms with Gasteiger partial charge in [-0.2, -0.15) is 4.39 Å². The lowest BCUT2D eigenvalue weighted by Crippen LogP contribution is -2.33. The first-order valence-electron chi connectivity index (χ1n) is 6.05. The zero-order chi connectivity index (χ0) is 16.0. The van der Waals surface area contributed by atoms with E-state index < -0.39 is 40.0 Å². The van der Waals surface area contributed by atoms with Crippen molar-refractivity contribution < 1.29 is 28.0 Å². The molecule has 0 aromatic heterocycles. The summed E-state index contributed by atoms with van der Waals surface area (Å²) in [5, 5.41) is 10.4. The lowest BCUT2D eigenvalue weighted by atomic mass is 10.2. The Morgan fingerprint density at radius 1 is 1.43 bits per heavy atom. The Hall–Kier alpha value is -2.29. The zero-order valence-corrected chi connectivity index (χ0v) is 11.2.